The van der Waals surface area contributed by atoms with Gasteiger partial charge in [0, 0.05) is 37.5 Å². The lowest BCUT2D eigenvalue weighted by Crippen LogP contribution is -2.43. The minimum absolute atomic E-state index is 0.0111. The van der Waals surface area contributed by atoms with E-state index in [0.29, 0.717) is 0 Å². The van der Waals surface area contributed by atoms with Crippen LogP contribution in [0.2, 0.25) is 0 Å². The smallest absolute Gasteiger partial charge is 0.379 e. The molecule has 1 aliphatic rings. The molecule has 2 N–H and O–H groups in total. The Hall–Kier alpha value is -1.28. The number of piperidine rings is 1. The third-order valence-electron chi connectivity index (χ3n) is 3.30. The highest BCUT2D eigenvalue weighted by Crippen LogP contribution is 2.39. The summed E-state index contributed by atoms with van der Waals surface area (Å²) in [6.07, 6.45) is -6.02. The third-order valence-corrected chi connectivity index (χ3v) is 3.30. The predicted molar refractivity (Wildman–Crippen MR) is 60.4 cm³/mol. The number of aromatic nitrogens is 1. The summed E-state index contributed by atoms with van der Waals surface area (Å²) in [5.41, 5.74) is -0.542. The molecule has 112 valence electrons. The minimum atomic E-state index is -4.85. The highest BCUT2D eigenvalue weighted by Gasteiger charge is 2.44. The van der Waals surface area contributed by atoms with E-state index in [1.54, 1.807) is 0 Å². The number of nitrogens with one attached hydrogen (secondary N) is 1. The first-order valence-corrected chi connectivity index (χ1v) is 6.00. The molecule has 1 saturated heterocycles. The lowest BCUT2D eigenvalue weighted by Gasteiger charge is -2.32. The summed E-state index contributed by atoms with van der Waals surface area (Å²) in [5, 5.41) is 11.9. The van der Waals surface area contributed by atoms with Gasteiger partial charge in [-0.25, -0.2) is 8.78 Å². The van der Waals surface area contributed by atoms with Gasteiger partial charge < -0.3 is 10.4 Å². The van der Waals surface area contributed by atoms with Gasteiger partial charge in [-0.15, -0.1) is 0 Å². The van der Waals surface area contributed by atoms with E-state index in [-0.39, 0.29) is 25.1 Å². The lowest BCUT2D eigenvalue weighted by molar-refractivity contribution is -0.206. The van der Waals surface area contributed by atoms with Gasteiger partial charge in [0.15, 0.2) is 6.10 Å². The third kappa shape index (κ3) is 3.06. The molecule has 2 heterocycles. The largest absolute Gasteiger partial charge is 0.418 e. The van der Waals surface area contributed by atoms with Crippen molar-refractivity contribution in [1.82, 2.24) is 10.3 Å². The second kappa shape index (κ2) is 5.25. The Morgan fingerprint density at radius 1 is 1.35 bits per heavy atom. The molecule has 20 heavy (non-hydrogen) atoms. The Morgan fingerprint density at radius 2 is 2.05 bits per heavy atom. The number of alkyl halides is 5. The van der Waals surface area contributed by atoms with Gasteiger partial charge >= 0.3 is 6.18 Å². The fourth-order valence-electron chi connectivity index (χ4n) is 2.19. The van der Waals surface area contributed by atoms with Crippen LogP contribution in [0.4, 0.5) is 22.0 Å². The summed E-state index contributed by atoms with van der Waals surface area (Å²) in [7, 11) is 0. The van der Waals surface area contributed by atoms with Crippen LogP contribution in [0.15, 0.2) is 18.5 Å². The average molecular weight is 296 g/mol. The molecule has 1 aliphatic heterocycles. The molecule has 0 bridgehead atoms. The lowest BCUT2D eigenvalue weighted by atomic mass is 9.88. The highest BCUT2D eigenvalue weighted by molar-refractivity contribution is 5.26. The number of hydrogen-bond acceptors (Lipinski definition) is 3. The Balaban J connectivity index is 2.30. The van der Waals surface area contributed by atoms with Gasteiger partial charge in [-0.2, -0.15) is 13.2 Å². The van der Waals surface area contributed by atoms with Crippen LogP contribution in [0.5, 0.6) is 0 Å². The first-order valence-electron chi connectivity index (χ1n) is 6.00. The van der Waals surface area contributed by atoms with Crippen molar-refractivity contribution < 1.29 is 27.1 Å². The van der Waals surface area contributed by atoms with Crippen molar-refractivity contribution in [2.45, 2.75) is 30.5 Å². The van der Waals surface area contributed by atoms with Crippen LogP contribution < -0.4 is 5.32 Å². The van der Waals surface area contributed by atoms with E-state index < -0.39 is 29.7 Å². The summed E-state index contributed by atoms with van der Waals surface area (Å²) in [6, 6.07) is 0.941. The zero-order valence-electron chi connectivity index (χ0n) is 10.3. The van der Waals surface area contributed by atoms with Crippen LogP contribution in [0.3, 0.4) is 0 Å². The molecule has 1 aromatic rings. The highest BCUT2D eigenvalue weighted by atomic mass is 19.4. The maximum Gasteiger partial charge on any atom is 0.418 e. The monoisotopic (exact) mass is 296 g/mol. The second-order valence-corrected chi connectivity index (χ2v) is 4.76. The van der Waals surface area contributed by atoms with Gasteiger partial charge in [0.2, 0.25) is 0 Å². The summed E-state index contributed by atoms with van der Waals surface area (Å²) >= 11 is 0. The normalized spacial score (nSPS) is 24.4. The molecule has 1 fully saturated rings. The molecule has 0 radical (unpaired) electrons. The van der Waals surface area contributed by atoms with E-state index in [4.69, 9.17) is 5.11 Å². The molecule has 2 atom stereocenters. The van der Waals surface area contributed by atoms with Crippen molar-refractivity contribution in [3.8, 4) is 0 Å². The minimum Gasteiger partial charge on any atom is -0.379 e. The average Bonchev–Trinajstić information content (AvgIpc) is 2.36. The molecule has 8 heteroatoms. The van der Waals surface area contributed by atoms with Gasteiger partial charge in [0.05, 0.1) is 5.92 Å². The topological polar surface area (TPSA) is 45.2 Å². The van der Waals surface area contributed by atoms with Crippen LogP contribution in [0.25, 0.3) is 0 Å². The molecule has 0 aromatic carbocycles. The van der Waals surface area contributed by atoms with E-state index in [2.05, 4.69) is 10.3 Å². The van der Waals surface area contributed by atoms with Crippen molar-refractivity contribution in [2.75, 3.05) is 13.1 Å². The standard InChI is InChI=1S/C12H13F5N2O/c13-11(14)1-2-18-6-9(11)7-3-8(5-19-4-7)10(20)12(15,16)17/h3-5,9-10,18,20H,1-2,6H2. The number of pyridine rings is 1. The number of rotatable bonds is 2. The van der Waals surface area contributed by atoms with Gasteiger partial charge in [-0.3, -0.25) is 4.98 Å². The fourth-order valence-corrected chi connectivity index (χ4v) is 2.19. The Labute approximate surface area is 111 Å². The van der Waals surface area contributed by atoms with E-state index in [9.17, 15) is 22.0 Å². The second-order valence-electron chi connectivity index (χ2n) is 4.76. The molecule has 0 spiro atoms. The van der Waals surface area contributed by atoms with Crippen molar-refractivity contribution >= 4 is 0 Å². The molecule has 0 aliphatic carbocycles. The van der Waals surface area contributed by atoms with Crippen LogP contribution >= 0.6 is 0 Å². The van der Waals surface area contributed by atoms with Gasteiger partial charge in [0.25, 0.3) is 5.92 Å². The number of aliphatic hydroxyl groups excluding tert-OH is 1. The fraction of sp³-hybridized carbons (Fsp3) is 0.583. The van der Waals surface area contributed by atoms with Crippen molar-refractivity contribution in [1.29, 1.82) is 0 Å². The van der Waals surface area contributed by atoms with E-state index in [1.165, 1.54) is 0 Å². The Bertz CT molecular complexity index is 477. The van der Waals surface area contributed by atoms with Crippen LogP contribution in [-0.2, 0) is 0 Å². The zero-order chi connectivity index (χ0) is 15.0. The maximum atomic E-state index is 13.8. The van der Waals surface area contributed by atoms with Gasteiger partial charge in [0.1, 0.15) is 0 Å². The molecule has 3 nitrogen and oxygen atoms in total. The summed E-state index contributed by atoms with van der Waals surface area (Å²) in [6.45, 7) is 0.113. The SMILES string of the molecule is OC(c1cncc(C2CNCCC2(F)F)c1)C(F)(F)F. The van der Waals surface area contributed by atoms with Gasteiger partial charge in [-0.05, 0) is 11.6 Å². The van der Waals surface area contributed by atoms with E-state index >= 15 is 0 Å². The summed E-state index contributed by atoms with van der Waals surface area (Å²) in [5.74, 6) is -4.25. The molecule has 1 aromatic heterocycles. The van der Waals surface area contributed by atoms with Gasteiger partial charge in [-0.1, -0.05) is 0 Å². The number of nitrogens with zero attached hydrogens (tertiary/aromatic N) is 1. The summed E-state index contributed by atoms with van der Waals surface area (Å²) in [4.78, 5) is 3.54. The molecule has 2 unspecified atom stereocenters. The molecular weight excluding hydrogens is 283 g/mol. The van der Waals surface area contributed by atoms with Crippen molar-refractivity contribution in [3.05, 3.63) is 29.6 Å². The molecule has 2 rings (SSSR count). The van der Waals surface area contributed by atoms with E-state index in [0.717, 1.165) is 18.5 Å². The zero-order valence-corrected chi connectivity index (χ0v) is 10.3. The molecular formula is C12H13F5N2O. The summed E-state index contributed by atoms with van der Waals surface area (Å²) < 4.78 is 64.8. The molecule has 0 amide bonds. The number of halogens is 5. The first-order chi connectivity index (χ1) is 9.22. The van der Waals surface area contributed by atoms with Crippen LogP contribution in [0, 0.1) is 0 Å². The van der Waals surface area contributed by atoms with Crippen molar-refractivity contribution in [2.24, 2.45) is 0 Å². The Morgan fingerprint density at radius 3 is 2.65 bits per heavy atom. The molecule has 0 saturated carbocycles. The quantitative estimate of drug-likeness (QED) is 0.824. The van der Waals surface area contributed by atoms with Crippen LogP contribution in [-0.4, -0.2) is 35.3 Å². The predicted octanol–water partition coefficient (Wildman–Crippen LogP) is 2.39. The van der Waals surface area contributed by atoms with Crippen molar-refractivity contribution in [3.63, 3.8) is 0 Å². The van der Waals surface area contributed by atoms with E-state index in [1.807, 2.05) is 0 Å². The number of aliphatic hydroxyl groups is 1. The first kappa shape index (κ1) is 15.1. The Kier molecular flexibility index (Phi) is 3.97. The van der Waals surface area contributed by atoms with Crippen LogP contribution in [0.1, 0.15) is 29.6 Å². The number of hydrogen-bond donors (Lipinski definition) is 2. The maximum absolute atomic E-state index is 13.8.